The van der Waals surface area contributed by atoms with Crippen molar-refractivity contribution in [2.24, 2.45) is 0 Å². The van der Waals surface area contributed by atoms with Gasteiger partial charge in [0.25, 0.3) is 0 Å². The van der Waals surface area contributed by atoms with Gasteiger partial charge in [0.1, 0.15) is 0 Å². The molecule has 2 aliphatic heterocycles. The lowest BCUT2D eigenvalue weighted by molar-refractivity contribution is 0.0379. The fourth-order valence-corrected chi connectivity index (χ4v) is 2.28. The summed E-state index contributed by atoms with van der Waals surface area (Å²) in [6.07, 6.45) is 2.53. The van der Waals surface area contributed by atoms with E-state index in [1.54, 1.807) is 0 Å². The van der Waals surface area contributed by atoms with Gasteiger partial charge in [0.2, 0.25) is 0 Å². The number of rotatable bonds is 4. The summed E-state index contributed by atoms with van der Waals surface area (Å²) in [7, 11) is 0. The molecule has 2 heterocycles. The van der Waals surface area contributed by atoms with Crippen molar-refractivity contribution < 1.29 is 9.47 Å². The predicted octanol–water partition coefficient (Wildman–Crippen LogP) is 2.48. The van der Waals surface area contributed by atoms with Crippen LogP contribution in [0, 0.1) is 0 Å². The molecule has 0 amide bonds. The summed E-state index contributed by atoms with van der Waals surface area (Å²) in [6, 6.07) is 0. The Balaban J connectivity index is 0.000000321. The van der Waals surface area contributed by atoms with Crippen molar-refractivity contribution in [2.75, 3.05) is 65.7 Å². The third-order valence-electron chi connectivity index (χ3n) is 3.29. The molecular weight excluding hydrogens is 252 g/mol. The molecule has 0 N–H and O–H groups in total. The standard InChI is InChI=1S/2C7H15NO.C2H6/c2*1-2-3-8-4-6-9-7-5-8;1-2/h2*2-7H2,1H3;1-2H3. The van der Waals surface area contributed by atoms with Gasteiger partial charge in [-0.05, 0) is 25.9 Å². The maximum Gasteiger partial charge on any atom is 0.0594 e. The summed E-state index contributed by atoms with van der Waals surface area (Å²) in [5, 5.41) is 0. The molecule has 2 fully saturated rings. The van der Waals surface area contributed by atoms with Gasteiger partial charge in [-0.15, -0.1) is 0 Å². The molecule has 0 aromatic carbocycles. The molecule has 2 saturated heterocycles. The van der Waals surface area contributed by atoms with E-state index >= 15 is 0 Å². The number of morpholine rings is 2. The van der Waals surface area contributed by atoms with Crippen LogP contribution < -0.4 is 0 Å². The minimum Gasteiger partial charge on any atom is -0.379 e. The minimum atomic E-state index is 0.931. The maximum absolute atomic E-state index is 5.20. The number of hydrogen-bond acceptors (Lipinski definition) is 4. The molecule has 0 aliphatic carbocycles. The van der Waals surface area contributed by atoms with Gasteiger partial charge in [-0.2, -0.15) is 0 Å². The summed E-state index contributed by atoms with van der Waals surface area (Å²) >= 11 is 0. The van der Waals surface area contributed by atoms with Gasteiger partial charge < -0.3 is 9.47 Å². The van der Waals surface area contributed by atoms with Crippen molar-refractivity contribution in [1.29, 1.82) is 0 Å². The highest BCUT2D eigenvalue weighted by Crippen LogP contribution is 1.97. The molecule has 4 nitrogen and oxygen atoms in total. The highest BCUT2D eigenvalue weighted by molar-refractivity contribution is 4.60. The average Bonchev–Trinajstić information content (AvgIpc) is 2.53. The second-order valence-electron chi connectivity index (χ2n) is 4.91. The van der Waals surface area contributed by atoms with Crippen molar-refractivity contribution in [3.8, 4) is 0 Å². The van der Waals surface area contributed by atoms with E-state index < -0.39 is 0 Å². The van der Waals surface area contributed by atoms with Gasteiger partial charge in [0.15, 0.2) is 0 Å². The minimum absolute atomic E-state index is 0.931. The third-order valence-corrected chi connectivity index (χ3v) is 3.29. The molecule has 0 spiro atoms. The summed E-state index contributed by atoms with van der Waals surface area (Å²) in [4.78, 5) is 4.90. The van der Waals surface area contributed by atoms with Crippen LogP contribution in [-0.2, 0) is 9.47 Å². The summed E-state index contributed by atoms with van der Waals surface area (Å²) in [6.45, 7) is 19.2. The van der Waals surface area contributed by atoms with Gasteiger partial charge in [-0.1, -0.05) is 27.7 Å². The van der Waals surface area contributed by atoms with Crippen LogP contribution in [-0.4, -0.2) is 75.5 Å². The average molecular weight is 288 g/mol. The Bertz CT molecular complexity index is 154. The van der Waals surface area contributed by atoms with Gasteiger partial charge in [-0.3, -0.25) is 9.80 Å². The predicted molar refractivity (Wildman–Crippen MR) is 86.4 cm³/mol. The molecule has 0 radical (unpaired) electrons. The molecule has 0 aromatic rings. The van der Waals surface area contributed by atoms with Gasteiger partial charge in [0, 0.05) is 26.2 Å². The quantitative estimate of drug-likeness (QED) is 0.793. The Morgan fingerprint density at radius 2 is 0.950 bits per heavy atom. The Kier molecular flexibility index (Phi) is 15.1. The van der Waals surface area contributed by atoms with Crippen molar-refractivity contribution in [1.82, 2.24) is 9.80 Å². The Morgan fingerprint density at radius 3 is 1.20 bits per heavy atom. The molecular formula is C16H36N2O2. The summed E-state index contributed by atoms with van der Waals surface area (Å²) in [5.41, 5.74) is 0. The van der Waals surface area contributed by atoms with Crippen LogP contribution in [0.2, 0.25) is 0 Å². The molecule has 0 aromatic heterocycles. The van der Waals surface area contributed by atoms with Crippen LogP contribution in [0.15, 0.2) is 0 Å². The number of hydrogen-bond donors (Lipinski definition) is 0. The van der Waals surface area contributed by atoms with Crippen LogP contribution in [0.25, 0.3) is 0 Å². The highest BCUT2D eigenvalue weighted by atomic mass is 16.5. The van der Waals surface area contributed by atoms with Crippen LogP contribution in [0.5, 0.6) is 0 Å². The molecule has 0 unspecified atom stereocenters. The van der Waals surface area contributed by atoms with E-state index in [9.17, 15) is 0 Å². The van der Waals surface area contributed by atoms with Crippen molar-refractivity contribution in [3.05, 3.63) is 0 Å². The molecule has 20 heavy (non-hydrogen) atoms. The zero-order valence-corrected chi connectivity index (χ0v) is 14.2. The van der Waals surface area contributed by atoms with Crippen LogP contribution in [0.1, 0.15) is 40.5 Å². The Labute approximate surface area is 126 Å². The Hall–Kier alpha value is -0.160. The lowest BCUT2D eigenvalue weighted by Crippen LogP contribution is -2.36. The van der Waals surface area contributed by atoms with E-state index in [-0.39, 0.29) is 0 Å². The monoisotopic (exact) mass is 288 g/mol. The van der Waals surface area contributed by atoms with Crippen molar-refractivity contribution in [3.63, 3.8) is 0 Å². The van der Waals surface area contributed by atoms with Crippen molar-refractivity contribution in [2.45, 2.75) is 40.5 Å². The van der Waals surface area contributed by atoms with E-state index in [4.69, 9.17) is 9.47 Å². The zero-order valence-electron chi connectivity index (χ0n) is 14.2. The molecule has 4 heteroatoms. The van der Waals surface area contributed by atoms with Gasteiger partial charge >= 0.3 is 0 Å². The second kappa shape index (κ2) is 15.2. The molecule has 2 aliphatic rings. The van der Waals surface area contributed by atoms with E-state index in [2.05, 4.69) is 23.6 Å². The number of ether oxygens (including phenoxy) is 2. The first-order chi connectivity index (χ1) is 9.86. The first-order valence-electron chi connectivity index (χ1n) is 8.47. The van der Waals surface area contributed by atoms with Crippen LogP contribution in [0.4, 0.5) is 0 Å². The zero-order chi connectivity index (χ0) is 15.1. The maximum atomic E-state index is 5.20. The first kappa shape index (κ1) is 19.8. The molecule has 0 saturated carbocycles. The molecule has 2 rings (SSSR count). The van der Waals surface area contributed by atoms with E-state index in [0.29, 0.717) is 0 Å². The third kappa shape index (κ3) is 10.6. The normalized spacial score (nSPS) is 20.4. The summed E-state index contributed by atoms with van der Waals surface area (Å²) < 4.78 is 10.4. The Morgan fingerprint density at radius 1 is 0.650 bits per heavy atom. The van der Waals surface area contributed by atoms with Crippen molar-refractivity contribution >= 4 is 0 Å². The highest BCUT2D eigenvalue weighted by Gasteiger charge is 2.08. The fraction of sp³-hybridized carbons (Fsp3) is 1.00. The summed E-state index contributed by atoms with van der Waals surface area (Å²) in [5.74, 6) is 0. The van der Waals surface area contributed by atoms with E-state index in [1.807, 2.05) is 13.8 Å². The molecule has 0 bridgehead atoms. The molecule has 0 atom stereocenters. The van der Waals surface area contributed by atoms with Crippen LogP contribution >= 0.6 is 0 Å². The van der Waals surface area contributed by atoms with E-state index in [1.165, 1.54) is 25.9 Å². The topological polar surface area (TPSA) is 24.9 Å². The number of nitrogens with zero attached hydrogens (tertiary/aromatic N) is 2. The lowest BCUT2D eigenvalue weighted by atomic mass is 10.4. The van der Waals surface area contributed by atoms with Gasteiger partial charge in [0.05, 0.1) is 26.4 Å². The van der Waals surface area contributed by atoms with E-state index in [0.717, 1.165) is 52.6 Å². The fourth-order valence-electron chi connectivity index (χ4n) is 2.28. The smallest absolute Gasteiger partial charge is 0.0594 e. The SMILES string of the molecule is CC.CCCN1CCOCC1.CCCN1CCOCC1. The largest absolute Gasteiger partial charge is 0.379 e. The van der Waals surface area contributed by atoms with Crippen LogP contribution in [0.3, 0.4) is 0 Å². The van der Waals surface area contributed by atoms with Gasteiger partial charge in [-0.25, -0.2) is 0 Å². The second-order valence-corrected chi connectivity index (χ2v) is 4.91. The first-order valence-corrected chi connectivity index (χ1v) is 8.47. The lowest BCUT2D eigenvalue weighted by Gasteiger charge is -2.25. The molecule has 122 valence electrons.